The fourth-order valence-electron chi connectivity index (χ4n) is 3.52. The van der Waals surface area contributed by atoms with Gasteiger partial charge in [-0.25, -0.2) is 0 Å². The Morgan fingerprint density at radius 2 is 1.95 bits per heavy atom. The van der Waals surface area contributed by atoms with Crippen LogP contribution >= 0.6 is 0 Å². The van der Waals surface area contributed by atoms with Crippen molar-refractivity contribution in [2.24, 2.45) is 5.73 Å². The third kappa shape index (κ3) is 2.70. The van der Waals surface area contributed by atoms with Crippen LogP contribution in [0.15, 0.2) is 12.3 Å². The van der Waals surface area contributed by atoms with Crippen molar-refractivity contribution in [1.29, 1.82) is 0 Å². The van der Waals surface area contributed by atoms with Crippen LogP contribution in [0.25, 0.3) is 0 Å². The maximum atomic E-state index is 6.69. The van der Waals surface area contributed by atoms with E-state index in [0.717, 1.165) is 6.54 Å². The molecule has 1 heterocycles. The zero-order valence-corrected chi connectivity index (χ0v) is 12.6. The predicted molar refractivity (Wildman–Crippen MR) is 78.9 cm³/mol. The Hall–Kier alpha value is -0.870. The summed E-state index contributed by atoms with van der Waals surface area (Å²) in [6, 6.07) is 2.13. The number of aromatic nitrogens is 2. The minimum Gasteiger partial charge on any atom is -0.321 e. The van der Waals surface area contributed by atoms with Crippen LogP contribution in [0.3, 0.4) is 0 Å². The van der Waals surface area contributed by atoms with Crippen molar-refractivity contribution in [3.05, 3.63) is 18.0 Å². The van der Waals surface area contributed by atoms with E-state index in [-0.39, 0.29) is 11.6 Å². The van der Waals surface area contributed by atoms with E-state index in [1.54, 1.807) is 0 Å². The van der Waals surface area contributed by atoms with Crippen LogP contribution in [0, 0.1) is 0 Å². The van der Waals surface area contributed by atoms with Gasteiger partial charge in [0.25, 0.3) is 0 Å². The quantitative estimate of drug-likeness (QED) is 0.850. The van der Waals surface area contributed by atoms with E-state index in [4.69, 9.17) is 5.73 Å². The molecule has 0 aliphatic heterocycles. The van der Waals surface area contributed by atoms with Crippen LogP contribution in [0.2, 0.25) is 0 Å². The lowest BCUT2D eigenvalue weighted by Crippen LogP contribution is -2.52. The number of hydrogen-bond acceptors (Lipinski definition) is 3. The Balaban J connectivity index is 2.32. The summed E-state index contributed by atoms with van der Waals surface area (Å²) in [5.74, 6) is 0. The molecule has 4 nitrogen and oxygen atoms in total. The van der Waals surface area contributed by atoms with E-state index >= 15 is 0 Å². The fraction of sp³-hybridized carbons (Fsp3) is 0.800. The van der Waals surface area contributed by atoms with E-state index < -0.39 is 0 Å². The lowest BCUT2D eigenvalue weighted by atomic mass is 9.80. The van der Waals surface area contributed by atoms with Crippen molar-refractivity contribution in [3.8, 4) is 0 Å². The first-order valence-corrected chi connectivity index (χ1v) is 7.56. The van der Waals surface area contributed by atoms with E-state index in [9.17, 15) is 0 Å². The minimum atomic E-state index is 0.0445. The van der Waals surface area contributed by atoms with Gasteiger partial charge < -0.3 is 10.6 Å². The highest BCUT2D eigenvalue weighted by atomic mass is 15.3. The van der Waals surface area contributed by atoms with Gasteiger partial charge in [0.05, 0.1) is 11.7 Å². The highest BCUT2D eigenvalue weighted by molar-refractivity contribution is 5.15. The second-order valence-electron chi connectivity index (χ2n) is 5.96. The Morgan fingerprint density at radius 1 is 1.32 bits per heavy atom. The predicted octanol–water partition coefficient (Wildman–Crippen LogP) is 2.56. The molecule has 1 aromatic rings. The van der Waals surface area contributed by atoms with Crippen molar-refractivity contribution in [3.63, 3.8) is 0 Å². The van der Waals surface area contributed by atoms with Crippen molar-refractivity contribution in [2.75, 3.05) is 14.1 Å². The number of hydrogen-bond donors (Lipinski definition) is 1. The first-order valence-electron chi connectivity index (χ1n) is 7.56. The smallest absolute Gasteiger partial charge is 0.0653 e. The van der Waals surface area contributed by atoms with Gasteiger partial charge in [-0.1, -0.05) is 25.7 Å². The molecule has 0 radical (unpaired) electrons. The van der Waals surface area contributed by atoms with Gasteiger partial charge in [-0.05, 0) is 39.9 Å². The standard InChI is InChI=1S/C15H28N4/c1-4-19-13(9-12-17-19)14(16)15(18(2)3)10-7-5-6-8-11-15/h9,12,14H,4-8,10-11,16H2,1-3H3. The molecule has 19 heavy (non-hydrogen) atoms. The van der Waals surface area contributed by atoms with Gasteiger partial charge in [0, 0.05) is 18.3 Å². The zero-order chi connectivity index (χ0) is 13.9. The Labute approximate surface area is 117 Å². The van der Waals surface area contributed by atoms with Gasteiger partial charge in [-0.2, -0.15) is 5.10 Å². The minimum absolute atomic E-state index is 0.0445. The van der Waals surface area contributed by atoms with E-state index in [2.05, 4.69) is 37.1 Å². The average molecular weight is 264 g/mol. The van der Waals surface area contributed by atoms with Gasteiger partial charge in [-0.15, -0.1) is 0 Å². The molecule has 2 rings (SSSR count). The van der Waals surface area contributed by atoms with E-state index in [0.29, 0.717) is 0 Å². The molecule has 1 aromatic heterocycles. The molecule has 4 heteroatoms. The van der Waals surface area contributed by atoms with E-state index in [1.165, 1.54) is 44.2 Å². The molecule has 1 atom stereocenters. The number of nitrogens with zero attached hydrogens (tertiary/aromatic N) is 3. The van der Waals surface area contributed by atoms with Gasteiger partial charge in [0.1, 0.15) is 0 Å². The molecule has 1 aliphatic carbocycles. The summed E-state index contributed by atoms with van der Waals surface area (Å²) in [6.07, 6.45) is 9.51. The third-order valence-electron chi connectivity index (χ3n) is 4.81. The number of aryl methyl sites for hydroxylation is 1. The van der Waals surface area contributed by atoms with Crippen molar-refractivity contribution in [2.45, 2.75) is 63.6 Å². The maximum Gasteiger partial charge on any atom is 0.0653 e. The molecule has 1 aliphatic rings. The first-order chi connectivity index (χ1) is 9.12. The highest BCUT2D eigenvalue weighted by Gasteiger charge is 2.40. The summed E-state index contributed by atoms with van der Waals surface area (Å²) >= 11 is 0. The Kier molecular flexibility index (Phi) is 4.63. The third-order valence-corrected chi connectivity index (χ3v) is 4.81. The second kappa shape index (κ2) is 6.06. The molecule has 0 saturated heterocycles. The van der Waals surface area contributed by atoms with Crippen LogP contribution < -0.4 is 5.73 Å². The SMILES string of the molecule is CCn1nccc1C(N)C1(N(C)C)CCCCCC1. The Bertz CT molecular complexity index is 389. The Morgan fingerprint density at radius 3 is 2.47 bits per heavy atom. The maximum absolute atomic E-state index is 6.69. The number of nitrogens with two attached hydrogens (primary N) is 1. The lowest BCUT2D eigenvalue weighted by Gasteiger charge is -2.44. The molecular formula is C15H28N4. The average Bonchev–Trinajstić information content (AvgIpc) is 2.73. The van der Waals surface area contributed by atoms with Crippen LogP contribution in [-0.2, 0) is 6.54 Å². The van der Waals surface area contributed by atoms with Crippen molar-refractivity contribution in [1.82, 2.24) is 14.7 Å². The summed E-state index contributed by atoms with van der Waals surface area (Å²) in [5, 5.41) is 4.38. The summed E-state index contributed by atoms with van der Waals surface area (Å²) < 4.78 is 2.04. The van der Waals surface area contributed by atoms with Crippen LogP contribution in [-0.4, -0.2) is 34.3 Å². The van der Waals surface area contributed by atoms with Crippen molar-refractivity contribution < 1.29 is 0 Å². The largest absolute Gasteiger partial charge is 0.321 e. The summed E-state index contributed by atoms with van der Waals surface area (Å²) in [7, 11) is 4.36. The molecule has 0 spiro atoms. The van der Waals surface area contributed by atoms with Crippen LogP contribution in [0.1, 0.15) is 57.2 Å². The van der Waals surface area contributed by atoms with Gasteiger partial charge >= 0.3 is 0 Å². The summed E-state index contributed by atoms with van der Waals surface area (Å²) in [6.45, 7) is 3.01. The first kappa shape index (κ1) is 14.5. The number of likely N-dealkylation sites (N-methyl/N-ethyl adjacent to an activating group) is 1. The van der Waals surface area contributed by atoms with Gasteiger partial charge in [0.2, 0.25) is 0 Å². The van der Waals surface area contributed by atoms with Gasteiger partial charge in [0.15, 0.2) is 0 Å². The molecule has 1 unspecified atom stereocenters. The van der Waals surface area contributed by atoms with Gasteiger partial charge in [-0.3, -0.25) is 4.68 Å². The topological polar surface area (TPSA) is 47.1 Å². The normalized spacial score (nSPS) is 21.3. The molecule has 0 aromatic carbocycles. The summed E-state index contributed by atoms with van der Waals surface area (Å²) in [5.41, 5.74) is 7.96. The van der Waals surface area contributed by atoms with Crippen molar-refractivity contribution >= 4 is 0 Å². The lowest BCUT2D eigenvalue weighted by molar-refractivity contribution is 0.0933. The van der Waals surface area contributed by atoms with Crippen LogP contribution in [0.5, 0.6) is 0 Å². The fourth-order valence-corrected chi connectivity index (χ4v) is 3.52. The molecule has 1 fully saturated rings. The molecule has 0 bridgehead atoms. The molecular weight excluding hydrogens is 236 g/mol. The zero-order valence-electron chi connectivity index (χ0n) is 12.6. The molecule has 108 valence electrons. The summed E-state index contributed by atoms with van der Waals surface area (Å²) in [4.78, 5) is 2.36. The van der Waals surface area contributed by atoms with E-state index in [1.807, 2.05) is 10.9 Å². The molecule has 1 saturated carbocycles. The molecule has 0 amide bonds. The molecule has 2 N–H and O–H groups in total. The second-order valence-corrected chi connectivity index (χ2v) is 5.96. The number of rotatable bonds is 4. The monoisotopic (exact) mass is 264 g/mol. The highest BCUT2D eigenvalue weighted by Crippen LogP contribution is 2.39. The van der Waals surface area contributed by atoms with Crippen LogP contribution in [0.4, 0.5) is 0 Å².